The number of carbonyl (C=O) groups is 1. The molecule has 3 rings (SSSR count). The highest BCUT2D eigenvalue weighted by Crippen LogP contribution is 2.19. The van der Waals surface area contributed by atoms with Crippen LogP contribution >= 0.6 is 11.8 Å². The molecular formula is C18H14F3N3O2S. The second kappa shape index (κ2) is 7.83. The highest BCUT2D eigenvalue weighted by atomic mass is 32.2. The average molecular weight is 393 g/mol. The molecule has 9 heteroatoms. The summed E-state index contributed by atoms with van der Waals surface area (Å²) in [6, 6.07) is 6.95. The van der Waals surface area contributed by atoms with Crippen molar-refractivity contribution in [1.82, 2.24) is 9.66 Å². The van der Waals surface area contributed by atoms with Crippen molar-refractivity contribution in [3.63, 3.8) is 0 Å². The number of aromatic nitrogens is 2. The van der Waals surface area contributed by atoms with Gasteiger partial charge in [0.05, 0.1) is 17.3 Å². The normalized spacial score (nSPS) is 11.0. The van der Waals surface area contributed by atoms with Gasteiger partial charge in [0.15, 0.2) is 16.8 Å². The number of hydrogen-bond acceptors (Lipinski definition) is 4. The van der Waals surface area contributed by atoms with E-state index >= 15 is 0 Å². The third-order valence-electron chi connectivity index (χ3n) is 3.67. The number of amides is 1. The van der Waals surface area contributed by atoms with E-state index in [4.69, 9.17) is 0 Å². The summed E-state index contributed by atoms with van der Waals surface area (Å²) in [7, 11) is 0. The zero-order valence-corrected chi connectivity index (χ0v) is 14.9. The smallest absolute Gasteiger partial charge is 0.273 e. The minimum atomic E-state index is -1.18. The molecule has 1 N–H and O–H groups in total. The fourth-order valence-electron chi connectivity index (χ4n) is 2.44. The van der Waals surface area contributed by atoms with E-state index in [1.807, 2.05) is 6.92 Å². The van der Waals surface area contributed by atoms with Gasteiger partial charge in [0.1, 0.15) is 5.82 Å². The summed E-state index contributed by atoms with van der Waals surface area (Å²) in [4.78, 5) is 29.1. The topological polar surface area (TPSA) is 64.0 Å². The Morgan fingerprint density at radius 3 is 2.48 bits per heavy atom. The molecule has 2 aromatic carbocycles. The molecule has 0 spiro atoms. The van der Waals surface area contributed by atoms with E-state index in [2.05, 4.69) is 10.4 Å². The Hall–Kier alpha value is -2.81. The van der Waals surface area contributed by atoms with E-state index in [1.54, 1.807) is 0 Å². The molecule has 0 aliphatic carbocycles. The lowest BCUT2D eigenvalue weighted by Crippen LogP contribution is -2.36. The van der Waals surface area contributed by atoms with E-state index in [0.717, 1.165) is 28.6 Å². The monoisotopic (exact) mass is 393 g/mol. The predicted molar refractivity (Wildman–Crippen MR) is 96.8 cm³/mol. The van der Waals surface area contributed by atoms with Gasteiger partial charge in [-0.05, 0) is 29.5 Å². The first-order valence-corrected chi connectivity index (χ1v) is 8.96. The Bertz CT molecular complexity index is 1070. The minimum Gasteiger partial charge on any atom is -0.273 e. The van der Waals surface area contributed by atoms with Crippen LogP contribution < -0.4 is 11.0 Å². The quantitative estimate of drug-likeness (QED) is 0.534. The van der Waals surface area contributed by atoms with Crippen molar-refractivity contribution in [2.75, 3.05) is 11.2 Å². The van der Waals surface area contributed by atoms with Crippen LogP contribution in [0.4, 0.5) is 13.2 Å². The van der Waals surface area contributed by atoms with E-state index in [9.17, 15) is 22.8 Å². The fourth-order valence-corrected chi connectivity index (χ4v) is 3.12. The summed E-state index contributed by atoms with van der Waals surface area (Å²) in [5.74, 6) is -2.72. The van der Waals surface area contributed by atoms with Crippen LogP contribution in [0, 0.1) is 17.5 Å². The van der Waals surface area contributed by atoms with Crippen LogP contribution in [0.3, 0.4) is 0 Å². The van der Waals surface area contributed by atoms with Crippen molar-refractivity contribution in [1.29, 1.82) is 0 Å². The molecule has 1 amide bonds. The zero-order valence-electron chi connectivity index (χ0n) is 14.1. The summed E-state index contributed by atoms with van der Waals surface area (Å²) in [5.41, 5.74) is 2.25. The Kier molecular flexibility index (Phi) is 5.50. The van der Waals surface area contributed by atoms with Crippen molar-refractivity contribution in [3.05, 3.63) is 69.8 Å². The lowest BCUT2D eigenvalue weighted by molar-refractivity contribution is -0.116. The summed E-state index contributed by atoms with van der Waals surface area (Å²) < 4.78 is 40.8. The van der Waals surface area contributed by atoms with Gasteiger partial charge < -0.3 is 0 Å². The van der Waals surface area contributed by atoms with Gasteiger partial charge in [-0.25, -0.2) is 18.2 Å². The lowest BCUT2D eigenvalue weighted by atomic mass is 10.1. The van der Waals surface area contributed by atoms with E-state index in [0.29, 0.717) is 11.3 Å². The van der Waals surface area contributed by atoms with Crippen molar-refractivity contribution in [2.45, 2.75) is 18.5 Å². The summed E-state index contributed by atoms with van der Waals surface area (Å²) in [6.45, 7) is 1.82. The van der Waals surface area contributed by atoms with Gasteiger partial charge in [-0.15, -0.1) is 0 Å². The van der Waals surface area contributed by atoms with Crippen LogP contribution in [0.15, 0.2) is 46.3 Å². The molecule has 1 aromatic heterocycles. The highest BCUT2D eigenvalue weighted by Gasteiger charge is 2.16. The van der Waals surface area contributed by atoms with Crippen molar-refractivity contribution >= 4 is 28.6 Å². The molecule has 0 saturated heterocycles. The van der Waals surface area contributed by atoms with Gasteiger partial charge in [-0.1, -0.05) is 30.8 Å². The van der Waals surface area contributed by atoms with Crippen LogP contribution in [0.1, 0.15) is 12.5 Å². The Morgan fingerprint density at radius 2 is 1.81 bits per heavy atom. The second-order valence-electron chi connectivity index (χ2n) is 5.59. The number of halogens is 3. The number of carbonyl (C=O) groups excluding carboxylic acids is 1. The molecule has 1 heterocycles. The molecule has 0 unspecified atom stereocenters. The highest BCUT2D eigenvalue weighted by molar-refractivity contribution is 7.99. The molecule has 0 aliphatic rings. The standard InChI is InChI=1S/C18H14F3N3O2S/c1-2-27-18-22-15-9-14(21)13(20)8-12(15)17(26)24(18)23-16(25)7-10-3-5-11(19)6-4-10/h3-6,8-9H,2,7H2,1H3,(H,23,25). The number of rotatable bonds is 5. The lowest BCUT2D eigenvalue weighted by Gasteiger charge is -2.13. The number of hydrogen-bond donors (Lipinski definition) is 1. The van der Waals surface area contributed by atoms with Crippen molar-refractivity contribution in [3.8, 4) is 0 Å². The van der Waals surface area contributed by atoms with Gasteiger partial charge in [-0.3, -0.25) is 15.0 Å². The molecule has 0 atom stereocenters. The minimum absolute atomic E-state index is 0.00103. The van der Waals surface area contributed by atoms with Crippen LogP contribution in [-0.4, -0.2) is 21.3 Å². The second-order valence-corrected chi connectivity index (χ2v) is 6.82. The van der Waals surface area contributed by atoms with E-state index in [-0.39, 0.29) is 22.5 Å². The van der Waals surface area contributed by atoms with Gasteiger partial charge in [-0.2, -0.15) is 4.68 Å². The van der Waals surface area contributed by atoms with Crippen molar-refractivity contribution < 1.29 is 18.0 Å². The number of fused-ring (bicyclic) bond motifs is 1. The van der Waals surface area contributed by atoms with Crippen LogP contribution in [0.25, 0.3) is 10.9 Å². The predicted octanol–water partition coefficient (Wildman–Crippen LogP) is 3.24. The maximum atomic E-state index is 13.5. The van der Waals surface area contributed by atoms with Gasteiger partial charge >= 0.3 is 0 Å². The van der Waals surface area contributed by atoms with Gasteiger partial charge in [0, 0.05) is 6.07 Å². The zero-order chi connectivity index (χ0) is 19.6. The third-order valence-corrected chi connectivity index (χ3v) is 4.49. The first kappa shape index (κ1) is 19.0. The molecule has 0 fully saturated rings. The number of nitrogens with zero attached hydrogens (tertiary/aromatic N) is 2. The molecule has 0 saturated carbocycles. The maximum absolute atomic E-state index is 13.5. The first-order chi connectivity index (χ1) is 12.9. The molecule has 140 valence electrons. The Morgan fingerprint density at radius 1 is 1.15 bits per heavy atom. The molecule has 0 radical (unpaired) electrons. The number of benzene rings is 2. The van der Waals surface area contributed by atoms with E-state index < -0.39 is 28.9 Å². The first-order valence-electron chi connectivity index (χ1n) is 7.98. The van der Waals surface area contributed by atoms with Crippen LogP contribution in [0.5, 0.6) is 0 Å². The van der Waals surface area contributed by atoms with Crippen molar-refractivity contribution in [2.24, 2.45) is 0 Å². The molecule has 0 bridgehead atoms. The van der Waals surface area contributed by atoms with Crippen LogP contribution in [-0.2, 0) is 11.2 Å². The molecular weight excluding hydrogens is 379 g/mol. The SMILES string of the molecule is CCSc1nc2cc(F)c(F)cc2c(=O)n1NC(=O)Cc1ccc(F)cc1. The Labute approximate surface area is 156 Å². The number of thioether (sulfide) groups is 1. The Balaban J connectivity index is 1.98. The maximum Gasteiger partial charge on any atom is 0.281 e. The average Bonchev–Trinajstić information content (AvgIpc) is 2.62. The largest absolute Gasteiger partial charge is 0.281 e. The van der Waals surface area contributed by atoms with Gasteiger partial charge in [0.25, 0.3) is 5.56 Å². The molecule has 3 aromatic rings. The summed E-state index contributed by atoms with van der Waals surface area (Å²) in [5, 5.41) is -0.00935. The summed E-state index contributed by atoms with van der Waals surface area (Å²) >= 11 is 1.16. The molecule has 0 aliphatic heterocycles. The van der Waals surface area contributed by atoms with Crippen LogP contribution in [0.2, 0.25) is 0 Å². The van der Waals surface area contributed by atoms with E-state index in [1.165, 1.54) is 24.3 Å². The number of nitrogens with one attached hydrogen (secondary N) is 1. The van der Waals surface area contributed by atoms with Gasteiger partial charge in [0.2, 0.25) is 5.91 Å². The summed E-state index contributed by atoms with van der Waals surface area (Å²) in [6.07, 6.45) is -0.0984. The molecule has 27 heavy (non-hydrogen) atoms. The third kappa shape index (κ3) is 4.13. The fraction of sp³-hybridized carbons (Fsp3) is 0.167. The molecule has 5 nitrogen and oxygen atoms in total.